The monoisotopic (exact) mass is 331 g/mol. The number of carbonyl (C=O) groups excluding carboxylic acids is 1. The molecule has 2 rings (SSSR count). The van der Waals surface area contributed by atoms with Gasteiger partial charge in [-0.25, -0.2) is 8.42 Å². The highest BCUT2D eigenvalue weighted by Gasteiger charge is 2.32. The number of amides is 1. The van der Waals surface area contributed by atoms with Crippen LogP contribution in [0.4, 0.5) is 5.69 Å². The molecule has 1 aliphatic carbocycles. The number of nitrogens with one attached hydrogen (secondary N) is 1. The zero-order valence-electron chi connectivity index (χ0n) is 11.9. The standard InChI is InChI=1S/C14H18ClNO4S/c1-3-20-12-7-6-11(8-13(12)21(15,18)19)16-14(17)9(2)10-4-5-10/h6-10H,3-5H2,1-2H3,(H,16,17). The predicted molar refractivity (Wildman–Crippen MR) is 81.2 cm³/mol. The first-order valence-corrected chi connectivity index (χ1v) is 9.16. The summed E-state index contributed by atoms with van der Waals surface area (Å²) in [6, 6.07) is 4.43. The fraction of sp³-hybridized carbons (Fsp3) is 0.500. The SMILES string of the molecule is CCOc1ccc(NC(=O)C(C)C2CC2)cc1S(=O)(=O)Cl. The Morgan fingerprint density at radius 3 is 2.67 bits per heavy atom. The van der Waals surface area contributed by atoms with Gasteiger partial charge in [-0.15, -0.1) is 0 Å². The molecule has 1 N–H and O–H groups in total. The van der Waals surface area contributed by atoms with Gasteiger partial charge in [0, 0.05) is 22.3 Å². The van der Waals surface area contributed by atoms with Gasteiger partial charge in [0.25, 0.3) is 9.05 Å². The zero-order valence-corrected chi connectivity index (χ0v) is 13.5. The summed E-state index contributed by atoms with van der Waals surface area (Å²) < 4.78 is 28.4. The number of anilines is 1. The van der Waals surface area contributed by atoms with Gasteiger partial charge in [-0.05, 0) is 43.9 Å². The molecule has 0 spiro atoms. The summed E-state index contributed by atoms with van der Waals surface area (Å²) in [4.78, 5) is 11.9. The Labute approximate surface area is 129 Å². The number of ether oxygens (including phenoxy) is 1. The van der Waals surface area contributed by atoms with Gasteiger partial charge in [0.15, 0.2) is 0 Å². The van der Waals surface area contributed by atoms with Crippen molar-refractivity contribution >= 4 is 31.3 Å². The van der Waals surface area contributed by atoms with Crippen LogP contribution in [-0.2, 0) is 13.8 Å². The van der Waals surface area contributed by atoms with E-state index in [2.05, 4.69) is 5.32 Å². The molecule has 0 aliphatic heterocycles. The largest absolute Gasteiger partial charge is 0.492 e. The molecule has 1 aromatic carbocycles. The molecule has 0 radical (unpaired) electrons. The molecule has 1 amide bonds. The summed E-state index contributed by atoms with van der Waals surface area (Å²) in [6.45, 7) is 3.95. The minimum atomic E-state index is -3.94. The lowest BCUT2D eigenvalue weighted by molar-refractivity contribution is -0.119. The summed E-state index contributed by atoms with van der Waals surface area (Å²) in [7, 11) is 1.47. The third-order valence-electron chi connectivity index (χ3n) is 3.52. The molecule has 0 aromatic heterocycles. The van der Waals surface area contributed by atoms with E-state index < -0.39 is 9.05 Å². The molecular formula is C14H18ClNO4S. The van der Waals surface area contributed by atoms with Crippen LogP contribution in [0.2, 0.25) is 0 Å². The Kier molecular flexibility index (Phi) is 4.78. The van der Waals surface area contributed by atoms with E-state index >= 15 is 0 Å². The Hall–Kier alpha value is -1.27. The first kappa shape index (κ1) is 16.1. The van der Waals surface area contributed by atoms with Crippen molar-refractivity contribution in [2.24, 2.45) is 11.8 Å². The van der Waals surface area contributed by atoms with Gasteiger partial charge in [0.1, 0.15) is 10.6 Å². The Morgan fingerprint density at radius 1 is 1.48 bits per heavy atom. The van der Waals surface area contributed by atoms with Crippen molar-refractivity contribution in [2.75, 3.05) is 11.9 Å². The van der Waals surface area contributed by atoms with E-state index in [1.165, 1.54) is 12.1 Å². The number of benzene rings is 1. The number of rotatable bonds is 6. The summed E-state index contributed by atoms with van der Waals surface area (Å²) in [6.07, 6.45) is 2.14. The van der Waals surface area contributed by atoms with Gasteiger partial charge >= 0.3 is 0 Å². The predicted octanol–water partition coefficient (Wildman–Crippen LogP) is 3.00. The highest BCUT2D eigenvalue weighted by Crippen LogP contribution is 2.37. The molecule has 1 fully saturated rings. The highest BCUT2D eigenvalue weighted by atomic mass is 35.7. The van der Waals surface area contributed by atoms with E-state index in [4.69, 9.17) is 15.4 Å². The van der Waals surface area contributed by atoms with Crippen LogP contribution in [0.1, 0.15) is 26.7 Å². The van der Waals surface area contributed by atoms with E-state index in [0.717, 1.165) is 12.8 Å². The topological polar surface area (TPSA) is 72.5 Å². The Morgan fingerprint density at radius 2 is 2.14 bits per heavy atom. The number of halogens is 1. The van der Waals surface area contributed by atoms with E-state index in [-0.39, 0.29) is 22.5 Å². The van der Waals surface area contributed by atoms with Gasteiger partial charge < -0.3 is 10.1 Å². The van der Waals surface area contributed by atoms with Crippen LogP contribution < -0.4 is 10.1 Å². The van der Waals surface area contributed by atoms with Crippen LogP contribution in [0.5, 0.6) is 5.75 Å². The summed E-state index contributed by atoms with van der Waals surface area (Å²) in [5, 5.41) is 2.73. The molecule has 1 unspecified atom stereocenters. The number of hydrogen-bond donors (Lipinski definition) is 1. The van der Waals surface area contributed by atoms with Gasteiger partial charge in [0.2, 0.25) is 5.91 Å². The van der Waals surface area contributed by atoms with Crippen molar-refractivity contribution in [3.8, 4) is 5.75 Å². The normalized spacial score (nSPS) is 16.3. The lowest BCUT2D eigenvalue weighted by Crippen LogP contribution is -2.21. The van der Waals surface area contributed by atoms with Gasteiger partial charge in [-0.2, -0.15) is 0 Å². The molecule has 5 nitrogen and oxygen atoms in total. The maximum Gasteiger partial charge on any atom is 0.265 e. The van der Waals surface area contributed by atoms with Crippen LogP contribution in [0, 0.1) is 11.8 Å². The minimum Gasteiger partial charge on any atom is -0.492 e. The van der Waals surface area contributed by atoms with Crippen molar-refractivity contribution in [1.82, 2.24) is 0 Å². The van der Waals surface area contributed by atoms with Crippen LogP contribution in [0.25, 0.3) is 0 Å². The lowest BCUT2D eigenvalue weighted by atomic mass is 10.1. The molecule has 21 heavy (non-hydrogen) atoms. The van der Waals surface area contributed by atoms with Crippen LogP contribution in [0.3, 0.4) is 0 Å². The lowest BCUT2D eigenvalue weighted by Gasteiger charge is -2.13. The molecule has 7 heteroatoms. The second-order valence-electron chi connectivity index (χ2n) is 5.15. The molecule has 1 aliphatic rings. The van der Waals surface area contributed by atoms with Gasteiger partial charge in [-0.3, -0.25) is 4.79 Å². The second kappa shape index (κ2) is 6.23. The smallest absolute Gasteiger partial charge is 0.265 e. The Bertz CT molecular complexity index is 640. The molecule has 0 heterocycles. The highest BCUT2D eigenvalue weighted by molar-refractivity contribution is 8.13. The molecule has 1 atom stereocenters. The fourth-order valence-electron chi connectivity index (χ4n) is 2.12. The van der Waals surface area contributed by atoms with E-state index in [0.29, 0.717) is 18.2 Å². The Balaban J connectivity index is 2.22. The number of carbonyl (C=O) groups is 1. The molecule has 0 saturated heterocycles. The summed E-state index contributed by atoms with van der Waals surface area (Å²) in [5.41, 5.74) is 0.398. The molecule has 116 valence electrons. The van der Waals surface area contributed by atoms with Gasteiger partial charge in [-0.1, -0.05) is 6.92 Å². The van der Waals surface area contributed by atoms with Crippen molar-refractivity contribution in [3.05, 3.63) is 18.2 Å². The van der Waals surface area contributed by atoms with Crippen molar-refractivity contribution in [1.29, 1.82) is 0 Å². The molecule has 0 bridgehead atoms. The minimum absolute atomic E-state index is 0.0763. The molecule has 1 aromatic rings. The zero-order chi connectivity index (χ0) is 15.6. The molecule has 1 saturated carbocycles. The van der Waals surface area contributed by atoms with Crippen LogP contribution in [0.15, 0.2) is 23.1 Å². The average Bonchev–Trinajstić information content (AvgIpc) is 3.23. The van der Waals surface area contributed by atoms with E-state index in [1.54, 1.807) is 13.0 Å². The quantitative estimate of drug-likeness (QED) is 0.813. The third kappa shape index (κ3) is 4.11. The van der Waals surface area contributed by atoms with Crippen molar-refractivity contribution in [3.63, 3.8) is 0 Å². The molecular weight excluding hydrogens is 314 g/mol. The van der Waals surface area contributed by atoms with Crippen molar-refractivity contribution < 1.29 is 17.9 Å². The van der Waals surface area contributed by atoms with Crippen LogP contribution >= 0.6 is 10.7 Å². The third-order valence-corrected chi connectivity index (χ3v) is 4.86. The van der Waals surface area contributed by atoms with E-state index in [9.17, 15) is 13.2 Å². The van der Waals surface area contributed by atoms with Crippen molar-refractivity contribution in [2.45, 2.75) is 31.6 Å². The van der Waals surface area contributed by atoms with Gasteiger partial charge in [0.05, 0.1) is 6.61 Å². The summed E-state index contributed by atoms with van der Waals surface area (Å²) >= 11 is 0. The van der Waals surface area contributed by atoms with Crippen LogP contribution in [-0.4, -0.2) is 20.9 Å². The number of hydrogen-bond acceptors (Lipinski definition) is 4. The second-order valence-corrected chi connectivity index (χ2v) is 7.68. The fourth-order valence-corrected chi connectivity index (χ4v) is 3.11. The maximum absolute atomic E-state index is 12.0. The summed E-state index contributed by atoms with van der Waals surface area (Å²) in [5.74, 6) is 0.428. The maximum atomic E-state index is 12.0. The van der Waals surface area contributed by atoms with E-state index in [1.807, 2.05) is 6.92 Å². The first-order chi connectivity index (χ1) is 9.82. The first-order valence-electron chi connectivity index (χ1n) is 6.85. The average molecular weight is 332 g/mol.